The number of hydrogen-bond donors (Lipinski definition) is 1. The molecular formula is C25H34N2O3. The molecule has 3 rings (SSSR count). The Morgan fingerprint density at radius 2 is 1.60 bits per heavy atom. The summed E-state index contributed by atoms with van der Waals surface area (Å²) >= 11 is 0. The van der Waals surface area contributed by atoms with E-state index in [4.69, 9.17) is 9.47 Å². The number of hydrogen-bond acceptors (Lipinski definition) is 4. The Bertz CT molecular complexity index is 766. The average molecular weight is 411 g/mol. The van der Waals surface area contributed by atoms with Crippen molar-refractivity contribution >= 4 is 5.91 Å². The number of carbonyl (C=O) groups excluding carboxylic acids is 1. The minimum Gasteiger partial charge on any atom is -0.497 e. The number of rotatable bonds is 9. The van der Waals surface area contributed by atoms with Crippen LogP contribution >= 0.6 is 0 Å². The topological polar surface area (TPSA) is 50.8 Å². The van der Waals surface area contributed by atoms with Crippen molar-refractivity contribution < 1.29 is 14.3 Å². The number of carbonyl (C=O) groups is 1. The molecular weight excluding hydrogens is 376 g/mol. The van der Waals surface area contributed by atoms with Gasteiger partial charge in [-0.15, -0.1) is 0 Å². The zero-order valence-corrected chi connectivity index (χ0v) is 18.2. The summed E-state index contributed by atoms with van der Waals surface area (Å²) in [6.45, 7) is 5.47. The Balaban J connectivity index is 1.68. The number of ether oxygens (including phenoxy) is 2. The number of benzene rings is 2. The molecule has 0 aromatic heterocycles. The third kappa shape index (κ3) is 6.23. The number of nitrogens with one attached hydrogen (secondary N) is 1. The lowest BCUT2D eigenvalue weighted by molar-refractivity contribution is 0.0933. The van der Waals surface area contributed by atoms with Gasteiger partial charge in [-0.25, -0.2) is 0 Å². The van der Waals surface area contributed by atoms with Crippen LogP contribution in [-0.2, 0) is 0 Å². The summed E-state index contributed by atoms with van der Waals surface area (Å²) in [5.74, 6) is 1.60. The van der Waals surface area contributed by atoms with Crippen LogP contribution in [-0.4, -0.2) is 44.2 Å². The van der Waals surface area contributed by atoms with Gasteiger partial charge in [0, 0.05) is 12.1 Å². The van der Waals surface area contributed by atoms with Gasteiger partial charge in [-0.1, -0.05) is 31.9 Å². The monoisotopic (exact) mass is 410 g/mol. The van der Waals surface area contributed by atoms with E-state index < -0.39 is 0 Å². The van der Waals surface area contributed by atoms with Crippen LogP contribution in [0, 0.1) is 0 Å². The molecule has 1 fully saturated rings. The highest BCUT2D eigenvalue weighted by Gasteiger charge is 2.22. The zero-order chi connectivity index (χ0) is 21.2. The molecule has 1 N–H and O–H groups in total. The minimum atomic E-state index is -0.0506. The van der Waals surface area contributed by atoms with Crippen molar-refractivity contribution in [3.8, 4) is 11.5 Å². The molecule has 0 saturated carbocycles. The first-order valence-corrected chi connectivity index (χ1v) is 11.1. The van der Waals surface area contributed by atoms with Crippen molar-refractivity contribution in [2.75, 3.05) is 33.4 Å². The molecule has 0 radical (unpaired) electrons. The Morgan fingerprint density at radius 3 is 2.20 bits per heavy atom. The summed E-state index contributed by atoms with van der Waals surface area (Å²) < 4.78 is 10.9. The molecule has 0 spiro atoms. The van der Waals surface area contributed by atoms with Crippen LogP contribution in [0.25, 0.3) is 0 Å². The van der Waals surface area contributed by atoms with Crippen LogP contribution in [0.4, 0.5) is 0 Å². The second-order valence-corrected chi connectivity index (χ2v) is 7.82. The molecule has 1 amide bonds. The van der Waals surface area contributed by atoms with Gasteiger partial charge in [-0.05, 0) is 74.3 Å². The lowest BCUT2D eigenvalue weighted by atomic mass is 10.0. The third-order valence-electron chi connectivity index (χ3n) is 5.63. The largest absolute Gasteiger partial charge is 0.497 e. The van der Waals surface area contributed by atoms with Gasteiger partial charge in [-0.2, -0.15) is 0 Å². The number of likely N-dealkylation sites (tertiary alicyclic amines) is 1. The van der Waals surface area contributed by atoms with Gasteiger partial charge in [0.2, 0.25) is 0 Å². The molecule has 2 aromatic rings. The zero-order valence-electron chi connectivity index (χ0n) is 18.2. The highest BCUT2D eigenvalue weighted by atomic mass is 16.5. The summed E-state index contributed by atoms with van der Waals surface area (Å²) in [5.41, 5.74) is 1.87. The van der Waals surface area contributed by atoms with Crippen molar-refractivity contribution in [3.05, 3.63) is 59.7 Å². The molecule has 2 aromatic carbocycles. The van der Waals surface area contributed by atoms with Crippen molar-refractivity contribution in [1.29, 1.82) is 0 Å². The molecule has 5 nitrogen and oxygen atoms in total. The molecule has 1 heterocycles. The molecule has 0 unspecified atom stereocenters. The predicted molar refractivity (Wildman–Crippen MR) is 120 cm³/mol. The highest BCUT2D eigenvalue weighted by molar-refractivity contribution is 5.94. The van der Waals surface area contributed by atoms with Crippen molar-refractivity contribution in [2.24, 2.45) is 0 Å². The van der Waals surface area contributed by atoms with Crippen molar-refractivity contribution in [1.82, 2.24) is 10.2 Å². The maximum atomic E-state index is 12.8. The third-order valence-corrected chi connectivity index (χ3v) is 5.63. The Hall–Kier alpha value is -2.53. The summed E-state index contributed by atoms with van der Waals surface area (Å²) in [6.07, 6.45) is 5.94. The van der Waals surface area contributed by atoms with E-state index >= 15 is 0 Å². The summed E-state index contributed by atoms with van der Waals surface area (Å²) in [5, 5.41) is 3.15. The fourth-order valence-corrected chi connectivity index (χ4v) is 3.90. The Morgan fingerprint density at radius 1 is 0.967 bits per heavy atom. The predicted octanol–water partition coefficient (Wildman–Crippen LogP) is 4.83. The van der Waals surface area contributed by atoms with E-state index in [9.17, 15) is 4.79 Å². The highest BCUT2D eigenvalue weighted by Crippen LogP contribution is 2.26. The van der Waals surface area contributed by atoms with E-state index in [0.29, 0.717) is 18.7 Å². The lowest BCUT2D eigenvalue weighted by Crippen LogP contribution is -2.38. The van der Waals surface area contributed by atoms with Crippen LogP contribution in [0.1, 0.15) is 61.0 Å². The minimum absolute atomic E-state index is 0.0506. The quantitative estimate of drug-likeness (QED) is 0.643. The SMILES string of the molecule is CCCOc1ccc(C(=O)NC[C@H](c2ccc(OC)cc2)N2CCCCCC2)cc1. The maximum absolute atomic E-state index is 12.8. The van der Waals surface area contributed by atoms with Gasteiger partial charge in [0.15, 0.2) is 0 Å². The normalized spacial score (nSPS) is 15.8. The van der Waals surface area contributed by atoms with E-state index in [1.54, 1.807) is 7.11 Å². The fraction of sp³-hybridized carbons (Fsp3) is 0.480. The van der Waals surface area contributed by atoms with Crippen molar-refractivity contribution in [2.45, 2.75) is 45.1 Å². The second-order valence-electron chi connectivity index (χ2n) is 7.82. The van der Waals surface area contributed by atoms with Crippen LogP contribution in [0.15, 0.2) is 48.5 Å². The van der Waals surface area contributed by atoms with Gasteiger partial charge >= 0.3 is 0 Å². The van der Waals surface area contributed by atoms with Gasteiger partial charge in [0.25, 0.3) is 5.91 Å². The first kappa shape index (κ1) is 22.2. The summed E-state index contributed by atoms with van der Waals surface area (Å²) in [4.78, 5) is 15.3. The standard InChI is InChI=1S/C25H34N2O3/c1-3-18-30-23-14-10-21(11-15-23)25(28)26-19-24(27-16-6-4-5-7-17-27)20-8-12-22(29-2)13-9-20/h8-15,24H,3-7,16-19H2,1-2H3,(H,26,28)/t24-/m1/s1. The molecule has 1 aliphatic heterocycles. The molecule has 30 heavy (non-hydrogen) atoms. The smallest absolute Gasteiger partial charge is 0.251 e. The maximum Gasteiger partial charge on any atom is 0.251 e. The molecule has 1 atom stereocenters. The molecule has 0 aliphatic carbocycles. The van der Waals surface area contributed by atoms with E-state index in [1.807, 2.05) is 36.4 Å². The van der Waals surface area contributed by atoms with Gasteiger partial charge in [-0.3, -0.25) is 9.69 Å². The van der Waals surface area contributed by atoms with E-state index in [0.717, 1.165) is 31.0 Å². The molecule has 162 valence electrons. The Labute approximate surface area is 180 Å². The van der Waals surface area contributed by atoms with Crippen LogP contribution in [0.3, 0.4) is 0 Å². The van der Waals surface area contributed by atoms with Gasteiger partial charge in [0.1, 0.15) is 11.5 Å². The van der Waals surface area contributed by atoms with Crippen LogP contribution in [0.5, 0.6) is 11.5 Å². The lowest BCUT2D eigenvalue weighted by Gasteiger charge is -2.31. The average Bonchev–Trinajstić information content (AvgIpc) is 3.08. The summed E-state index contributed by atoms with van der Waals surface area (Å²) in [6, 6.07) is 15.8. The van der Waals surface area contributed by atoms with E-state index in [1.165, 1.54) is 31.2 Å². The number of amides is 1. The molecule has 0 bridgehead atoms. The number of methoxy groups -OCH3 is 1. The second kappa shape index (κ2) is 11.6. The molecule has 1 aliphatic rings. The Kier molecular flexibility index (Phi) is 8.57. The first-order valence-electron chi connectivity index (χ1n) is 11.1. The van der Waals surface area contributed by atoms with Gasteiger partial charge < -0.3 is 14.8 Å². The number of nitrogens with zero attached hydrogens (tertiary/aromatic N) is 1. The van der Waals surface area contributed by atoms with E-state index in [2.05, 4.69) is 29.3 Å². The molecule has 5 heteroatoms. The molecule has 1 saturated heterocycles. The van der Waals surface area contributed by atoms with Crippen LogP contribution < -0.4 is 14.8 Å². The fourth-order valence-electron chi connectivity index (χ4n) is 3.90. The summed E-state index contributed by atoms with van der Waals surface area (Å²) in [7, 11) is 1.68. The van der Waals surface area contributed by atoms with Crippen LogP contribution in [0.2, 0.25) is 0 Å². The van der Waals surface area contributed by atoms with Crippen molar-refractivity contribution in [3.63, 3.8) is 0 Å². The first-order chi connectivity index (χ1) is 14.7. The van der Waals surface area contributed by atoms with Gasteiger partial charge in [0.05, 0.1) is 19.8 Å². The van der Waals surface area contributed by atoms with E-state index in [-0.39, 0.29) is 11.9 Å².